The summed E-state index contributed by atoms with van der Waals surface area (Å²) in [4.78, 5) is 4.64. The van der Waals surface area contributed by atoms with Gasteiger partial charge in [0.05, 0.1) is 0 Å². The second kappa shape index (κ2) is 3.99. The molecule has 88 valence electrons. The fourth-order valence-corrected chi connectivity index (χ4v) is 2.51. The molecular formula is C16H19N. The standard InChI is InChI=1S/C16H19N/c1-6-13-9-7-8-10-14(13)15-11(2)17-12(3)16(15,4)5/h6-10H,1H2,2-5H3. The van der Waals surface area contributed by atoms with Gasteiger partial charge in [-0.25, -0.2) is 0 Å². The fraction of sp³-hybridized carbons (Fsp3) is 0.312. The molecule has 0 fully saturated rings. The highest BCUT2D eigenvalue weighted by Gasteiger charge is 2.34. The molecule has 0 unspecified atom stereocenters. The van der Waals surface area contributed by atoms with E-state index in [1.165, 1.54) is 22.4 Å². The smallest absolute Gasteiger partial charge is 0.0419 e. The maximum absolute atomic E-state index is 4.64. The van der Waals surface area contributed by atoms with Crippen LogP contribution in [0.5, 0.6) is 0 Å². The van der Waals surface area contributed by atoms with Crippen molar-refractivity contribution in [3.05, 3.63) is 47.7 Å². The lowest BCUT2D eigenvalue weighted by Gasteiger charge is -2.25. The van der Waals surface area contributed by atoms with Crippen molar-refractivity contribution in [1.29, 1.82) is 0 Å². The van der Waals surface area contributed by atoms with Gasteiger partial charge in [-0.2, -0.15) is 0 Å². The van der Waals surface area contributed by atoms with Gasteiger partial charge in [0.25, 0.3) is 0 Å². The molecule has 0 amide bonds. The highest BCUT2D eigenvalue weighted by molar-refractivity contribution is 6.05. The minimum Gasteiger partial charge on any atom is -0.262 e. The lowest BCUT2D eigenvalue weighted by molar-refractivity contribution is 0.707. The first-order valence-corrected chi connectivity index (χ1v) is 5.97. The van der Waals surface area contributed by atoms with Crippen LogP contribution in [0.25, 0.3) is 11.6 Å². The van der Waals surface area contributed by atoms with E-state index in [9.17, 15) is 0 Å². The Labute approximate surface area is 104 Å². The number of allylic oxidation sites excluding steroid dienone is 2. The molecule has 0 spiro atoms. The number of hydrogen-bond donors (Lipinski definition) is 0. The third-order valence-electron chi connectivity index (χ3n) is 3.68. The normalized spacial score (nSPS) is 18.2. The van der Waals surface area contributed by atoms with Crippen molar-refractivity contribution in [2.45, 2.75) is 27.7 Å². The maximum atomic E-state index is 4.64. The van der Waals surface area contributed by atoms with Crippen LogP contribution in [-0.4, -0.2) is 5.71 Å². The first-order valence-electron chi connectivity index (χ1n) is 5.97. The lowest BCUT2D eigenvalue weighted by Crippen LogP contribution is -2.20. The van der Waals surface area contributed by atoms with Crippen LogP contribution in [0, 0.1) is 5.41 Å². The summed E-state index contributed by atoms with van der Waals surface area (Å²) in [6.45, 7) is 12.6. The zero-order valence-electron chi connectivity index (χ0n) is 11.0. The van der Waals surface area contributed by atoms with E-state index >= 15 is 0 Å². The molecule has 0 aromatic heterocycles. The van der Waals surface area contributed by atoms with Gasteiger partial charge in [0.1, 0.15) is 0 Å². The summed E-state index contributed by atoms with van der Waals surface area (Å²) in [7, 11) is 0. The van der Waals surface area contributed by atoms with E-state index in [0.717, 1.165) is 5.70 Å². The van der Waals surface area contributed by atoms with Gasteiger partial charge in [-0.1, -0.05) is 50.8 Å². The second-order valence-electron chi connectivity index (χ2n) is 5.07. The van der Waals surface area contributed by atoms with Crippen molar-refractivity contribution in [3.63, 3.8) is 0 Å². The molecule has 1 nitrogen and oxygen atoms in total. The predicted molar refractivity (Wildman–Crippen MR) is 76.0 cm³/mol. The van der Waals surface area contributed by atoms with Gasteiger partial charge in [0, 0.05) is 16.8 Å². The van der Waals surface area contributed by atoms with Crippen LogP contribution < -0.4 is 0 Å². The molecule has 0 bridgehead atoms. The minimum absolute atomic E-state index is 0.0171. The first-order chi connectivity index (χ1) is 7.98. The molecule has 2 rings (SSSR count). The SMILES string of the molecule is C=Cc1ccccc1C1=C(C)N=C(C)C1(C)C. The molecule has 1 heterocycles. The summed E-state index contributed by atoms with van der Waals surface area (Å²) in [5.41, 5.74) is 6.09. The van der Waals surface area contributed by atoms with Crippen molar-refractivity contribution in [2.75, 3.05) is 0 Å². The summed E-state index contributed by atoms with van der Waals surface area (Å²) in [6.07, 6.45) is 1.92. The van der Waals surface area contributed by atoms with Crippen molar-refractivity contribution in [3.8, 4) is 0 Å². The van der Waals surface area contributed by atoms with Gasteiger partial charge >= 0.3 is 0 Å². The predicted octanol–water partition coefficient (Wildman–Crippen LogP) is 4.56. The van der Waals surface area contributed by atoms with Gasteiger partial charge in [-0.3, -0.25) is 4.99 Å². The van der Waals surface area contributed by atoms with E-state index in [-0.39, 0.29) is 5.41 Å². The van der Waals surface area contributed by atoms with Gasteiger partial charge in [0.2, 0.25) is 0 Å². The van der Waals surface area contributed by atoms with Gasteiger partial charge in [0.15, 0.2) is 0 Å². The average Bonchev–Trinajstić information content (AvgIpc) is 2.48. The van der Waals surface area contributed by atoms with Crippen LogP contribution in [0.2, 0.25) is 0 Å². The van der Waals surface area contributed by atoms with Crippen molar-refractivity contribution in [1.82, 2.24) is 0 Å². The van der Waals surface area contributed by atoms with Gasteiger partial charge in [-0.15, -0.1) is 0 Å². The minimum atomic E-state index is 0.0171. The van der Waals surface area contributed by atoms with Crippen LogP contribution in [0.15, 0.2) is 41.5 Å². The lowest BCUT2D eigenvalue weighted by atomic mass is 9.77. The summed E-state index contributed by atoms with van der Waals surface area (Å²) in [6, 6.07) is 8.39. The second-order valence-corrected chi connectivity index (χ2v) is 5.07. The maximum Gasteiger partial charge on any atom is 0.0419 e. The topological polar surface area (TPSA) is 12.4 Å². The molecule has 1 aromatic carbocycles. The Kier molecular flexibility index (Phi) is 2.78. The summed E-state index contributed by atoms with van der Waals surface area (Å²) in [5.74, 6) is 0. The van der Waals surface area contributed by atoms with E-state index in [1.54, 1.807) is 0 Å². The number of aliphatic imine (C=N–C) groups is 1. The quantitative estimate of drug-likeness (QED) is 0.699. The Bertz CT molecular complexity index is 530. The number of benzene rings is 1. The molecule has 0 saturated heterocycles. The summed E-state index contributed by atoms with van der Waals surface area (Å²) in [5, 5.41) is 0. The van der Waals surface area contributed by atoms with Crippen LogP contribution in [-0.2, 0) is 0 Å². The third-order valence-corrected chi connectivity index (χ3v) is 3.68. The van der Waals surface area contributed by atoms with E-state index in [0.29, 0.717) is 0 Å². The van der Waals surface area contributed by atoms with Crippen LogP contribution in [0.1, 0.15) is 38.8 Å². The highest BCUT2D eigenvalue weighted by atomic mass is 14.8. The zero-order valence-corrected chi connectivity index (χ0v) is 11.0. The Hall–Kier alpha value is -1.63. The highest BCUT2D eigenvalue weighted by Crippen LogP contribution is 2.44. The Morgan fingerprint density at radius 2 is 1.82 bits per heavy atom. The zero-order chi connectivity index (χ0) is 12.6. The fourth-order valence-electron chi connectivity index (χ4n) is 2.51. The first kappa shape index (κ1) is 11.8. The van der Waals surface area contributed by atoms with Crippen LogP contribution in [0.3, 0.4) is 0 Å². The average molecular weight is 225 g/mol. The molecule has 0 aliphatic carbocycles. The molecule has 17 heavy (non-hydrogen) atoms. The Morgan fingerprint density at radius 3 is 2.35 bits per heavy atom. The number of nitrogens with zero attached hydrogens (tertiary/aromatic N) is 1. The van der Waals surface area contributed by atoms with Crippen LogP contribution in [0.4, 0.5) is 0 Å². The summed E-state index contributed by atoms with van der Waals surface area (Å²) >= 11 is 0. The van der Waals surface area contributed by atoms with E-state index in [4.69, 9.17) is 0 Å². The molecule has 1 heteroatoms. The number of hydrogen-bond acceptors (Lipinski definition) is 1. The molecule has 0 atom stereocenters. The van der Waals surface area contributed by atoms with E-state index < -0.39 is 0 Å². The molecule has 0 saturated carbocycles. The Morgan fingerprint density at radius 1 is 1.18 bits per heavy atom. The summed E-state index contributed by atoms with van der Waals surface area (Å²) < 4.78 is 0. The molecule has 0 radical (unpaired) electrons. The third kappa shape index (κ3) is 1.76. The number of rotatable bonds is 2. The van der Waals surface area contributed by atoms with Gasteiger partial charge < -0.3 is 0 Å². The van der Waals surface area contributed by atoms with Gasteiger partial charge in [-0.05, 0) is 30.5 Å². The van der Waals surface area contributed by atoms with E-state index in [1.807, 2.05) is 12.1 Å². The molecular weight excluding hydrogens is 206 g/mol. The largest absolute Gasteiger partial charge is 0.262 e. The molecule has 1 aromatic rings. The van der Waals surface area contributed by atoms with Crippen molar-refractivity contribution in [2.24, 2.45) is 10.4 Å². The van der Waals surface area contributed by atoms with Crippen molar-refractivity contribution < 1.29 is 0 Å². The molecule has 0 N–H and O–H groups in total. The van der Waals surface area contributed by atoms with Crippen LogP contribution >= 0.6 is 0 Å². The van der Waals surface area contributed by atoms with E-state index in [2.05, 4.69) is 57.5 Å². The molecule has 1 aliphatic heterocycles. The molecule has 1 aliphatic rings. The van der Waals surface area contributed by atoms with Crippen molar-refractivity contribution >= 4 is 17.4 Å². The monoisotopic (exact) mass is 225 g/mol. The Balaban J connectivity index is 2.63.